The Labute approximate surface area is 131 Å². The Kier molecular flexibility index (Phi) is 2.95. The molecule has 0 saturated carbocycles. The second kappa shape index (κ2) is 5.11. The lowest BCUT2D eigenvalue weighted by Crippen LogP contribution is -1.95. The van der Waals surface area contributed by atoms with Gasteiger partial charge in [-0.2, -0.15) is 5.10 Å². The van der Waals surface area contributed by atoms with E-state index < -0.39 is 0 Å². The Morgan fingerprint density at radius 1 is 1.04 bits per heavy atom. The normalized spacial score (nSPS) is 10.7. The zero-order chi connectivity index (χ0) is 15.8. The molecular formula is C18H11FN4. The number of nitrogen functional groups attached to an aromatic ring is 1. The van der Waals surface area contributed by atoms with Crippen LogP contribution in [0.2, 0.25) is 0 Å². The summed E-state index contributed by atoms with van der Waals surface area (Å²) < 4.78 is 13.2. The molecule has 5 heteroatoms. The average Bonchev–Trinajstić information content (AvgIpc) is 2.96. The summed E-state index contributed by atoms with van der Waals surface area (Å²) in [6.45, 7) is 0. The molecule has 3 N–H and O–H groups in total. The van der Waals surface area contributed by atoms with Gasteiger partial charge in [-0.25, -0.2) is 9.37 Å². The van der Waals surface area contributed by atoms with Crippen molar-refractivity contribution < 1.29 is 4.39 Å². The number of nitrogens with one attached hydrogen (secondary N) is 1. The van der Waals surface area contributed by atoms with Crippen LogP contribution in [0.15, 0.2) is 48.7 Å². The van der Waals surface area contributed by atoms with Gasteiger partial charge in [0, 0.05) is 22.4 Å². The smallest absolute Gasteiger partial charge is 0.143 e. The minimum atomic E-state index is -0.317. The number of nitrogens with zero attached hydrogens (tertiary/aromatic N) is 2. The molecule has 0 unspecified atom stereocenters. The number of fused-ring (bicyclic) bond motifs is 2. The van der Waals surface area contributed by atoms with Gasteiger partial charge in [-0.15, -0.1) is 0 Å². The van der Waals surface area contributed by atoms with E-state index in [0.29, 0.717) is 22.6 Å². The maximum absolute atomic E-state index is 13.2. The molecule has 0 spiro atoms. The Hall–Kier alpha value is -3.39. The maximum Gasteiger partial charge on any atom is 0.143 e. The zero-order valence-electron chi connectivity index (χ0n) is 12.0. The highest BCUT2D eigenvalue weighted by molar-refractivity contribution is 5.91. The molecule has 0 radical (unpaired) electrons. The Morgan fingerprint density at radius 3 is 2.83 bits per heavy atom. The predicted molar refractivity (Wildman–Crippen MR) is 88.2 cm³/mol. The van der Waals surface area contributed by atoms with Crippen molar-refractivity contribution in [1.82, 2.24) is 15.2 Å². The number of hydrogen-bond donors (Lipinski definition) is 2. The average molecular weight is 302 g/mol. The first kappa shape index (κ1) is 13.3. The lowest BCUT2D eigenvalue weighted by Gasteiger charge is -2.02. The van der Waals surface area contributed by atoms with Gasteiger partial charge in [0.1, 0.15) is 17.3 Å². The van der Waals surface area contributed by atoms with Gasteiger partial charge in [0.25, 0.3) is 0 Å². The molecule has 2 heterocycles. The van der Waals surface area contributed by atoms with Crippen molar-refractivity contribution in [3.63, 3.8) is 0 Å². The molecule has 0 amide bonds. The van der Waals surface area contributed by atoms with E-state index in [-0.39, 0.29) is 5.82 Å². The number of anilines is 1. The van der Waals surface area contributed by atoms with Crippen LogP contribution in [0, 0.1) is 17.7 Å². The highest BCUT2D eigenvalue weighted by Gasteiger charge is 2.06. The third-order valence-corrected chi connectivity index (χ3v) is 3.66. The van der Waals surface area contributed by atoms with Crippen molar-refractivity contribution in [2.24, 2.45) is 0 Å². The van der Waals surface area contributed by atoms with Crippen molar-refractivity contribution in [3.05, 3.63) is 65.7 Å². The standard InChI is InChI=1S/C18H11FN4/c19-12-5-6-15-16(22-23-17(15)9-12)8-7-14-13-4-2-1-3-11(13)10-21-18(14)20/h1-6,9-10H,(H2,20,21)(H,22,23). The van der Waals surface area contributed by atoms with Crippen molar-refractivity contribution in [2.45, 2.75) is 0 Å². The van der Waals surface area contributed by atoms with Gasteiger partial charge in [0.15, 0.2) is 0 Å². The molecule has 23 heavy (non-hydrogen) atoms. The van der Waals surface area contributed by atoms with Crippen LogP contribution in [0.5, 0.6) is 0 Å². The van der Waals surface area contributed by atoms with Gasteiger partial charge in [0.2, 0.25) is 0 Å². The highest BCUT2D eigenvalue weighted by Crippen LogP contribution is 2.21. The number of aromatic nitrogens is 3. The van der Waals surface area contributed by atoms with E-state index in [1.807, 2.05) is 24.3 Å². The number of halogens is 1. The third-order valence-electron chi connectivity index (χ3n) is 3.66. The molecule has 2 aromatic heterocycles. The molecule has 0 saturated heterocycles. The van der Waals surface area contributed by atoms with Crippen LogP contribution in [0.1, 0.15) is 11.3 Å². The number of pyridine rings is 1. The molecular weight excluding hydrogens is 291 g/mol. The monoisotopic (exact) mass is 302 g/mol. The Bertz CT molecular complexity index is 1100. The van der Waals surface area contributed by atoms with E-state index in [1.54, 1.807) is 12.3 Å². The van der Waals surface area contributed by atoms with E-state index >= 15 is 0 Å². The fourth-order valence-corrected chi connectivity index (χ4v) is 2.52. The number of benzene rings is 2. The molecule has 0 aliphatic rings. The van der Waals surface area contributed by atoms with E-state index in [4.69, 9.17) is 5.73 Å². The molecule has 2 aromatic carbocycles. The number of aromatic amines is 1. The topological polar surface area (TPSA) is 67.6 Å². The predicted octanol–water partition coefficient (Wildman–Crippen LogP) is 3.23. The number of hydrogen-bond acceptors (Lipinski definition) is 3. The van der Waals surface area contributed by atoms with Gasteiger partial charge in [-0.1, -0.05) is 30.2 Å². The molecule has 0 aliphatic carbocycles. The zero-order valence-corrected chi connectivity index (χ0v) is 12.0. The first-order chi connectivity index (χ1) is 11.2. The summed E-state index contributed by atoms with van der Waals surface area (Å²) in [7, 11) is 0. The minimum Gasteiger partial charge on any atom is -0.383 e. The summed E-state index contributed by atoms with van der Waals surface area (Å²) >= 11 is 0. The SMILES string of the molecule is Nc1ncc2ccccc2c1C#Cc1n[nH]c2cc(F)ccc12. The highest BCUT2D eigenvalue weighted by atomic mass is 19.1. The van der Waals surface area contributed by atoms with Gasteiger partial charge in [-0.3, -0.25) is 5.10 Å². The van der Waals surface area contributed by atoms with Gasteiger partial charge < -0.3 is 5.73 Å². The van der Waals surface area contributed by atoms with E-state index in [1.165, 1.54) is 12.1 Å². The van der Waals surface area contributed by atoms with Gasteiger partial charge >= 0.3 is 0 Å². The molecule has 110 valence electrons. The second-order valence-electron chi connectivity index (χ2n) is 5.12. The van der Waals surface area contributed by atoms with E-state index in [9.17, 15) is 4.39 Å². The van der Waals surface area contributed by atoms with Crippen LogP contribution >= 0.6 is 0 Å². The quantitative estimate of drug-likeness (QED) is 0.490. The summed E-state index contributed by atoms with van der Waals surface area (Å²) in [4.78, 5) is 4.18. The summed E-state index contributed by atoms with van der Waals surface area (Å²) in [5.41, 5.74) is 7.79. The molecule has 0 atom stereocenters. The lowest BCUT2D eigenvalue weighted by atomic mass is 10.1. The molecule has 0 aliphatic heterocycles. The molecule has 0 bridgehead atoms. The maximum atomic E-state index is 13.2. The molecule has 4 rings (SSSR count). The number of H-pyrrole nitrogens is 1. The molecule has 4 nitrogen and oxygen atoms in total. The first-order valence-corrected chi connectivity index (χ1v) is 7.01. The van der Waals surface area contributed by atoms with Crippen molar-refractivity contribution in [1.29, 1.82) is 0 Å². The van der Waals surface area contributed by atoms with Crippen LogP contribution in [-0.2, 0) is 0 Å². The van der Waals surface area contributed by atoms with Crippen LogP contribution < -0.4 is 5.73 Å². The van der Waals surface area contributed by atoms with E-state index in [0.717, 1.165) is 16.2 Å². The summed E-state index contributed by atoms with van der Waals surface area (Å²) in [5, 5.41) is 9.60. The molecule has 0 fully saturated rings. The fourth-order valence-electron chi connectivity index (χ4n) is 2.52. The summed E-state index contributed by atoms with van der Waals surface area (Å²) in [6, 6.07) is 12.2. The van der Waals surface area contributed by atoms with Crippen molar-refractivity contribution in [2.75, 3.05) is 5.73 Å². The second-order valence-corrected chi connectivity index (χ2v) is 5.12. The van der Waals surface area contributed by atoms with Gasteiger partial charge in [-0.05, 0) is 24.1 Å². The van der Waals surface area contributed by atoms with Crippen LogP contribution in [0.3, 0.4) is 0 Å². The van der Waals surface area contributed by atoms with Crippen LogP contribution in [0.25, 0.3) is 21.7 Å². The Morgan fingerprint density at radius 2 is 1.91 bits per heavy atom. The molecule has 4 aromatic rings. The van der Waals surface area contributed by atoms with Crippen molar-refractivity contribution in [3.8, 4) is 11.8 Å². The minimum absolute atomic E-state index is 0.317. The van der Waals surface area contributed by atoms with Crippen LogP contribution in [0.4, 0.5) is 10.2 Å². The number of nitrogens with two attached hydrogens (primary N) is 1. The Balaban J connectivity index is 1.88. The van der Waals surface area contributed by atoms with Crippen LogP contribution in [-0.4, -0.2) is 15.2 Å². The number of rotatable bonds is 0. The summed E-state index contributed by atoms with van der Waals surface area (Å²) in [5.74, 6) is 6.11. The summed E-state index contributed by atoms with van der Waals surface area (Å²) in [6.07, 6.45) is 1.72. The lowest BCUT2D eigenvalue weighted by molar-refractivity contribution is 0.629. The first-order valence-electron chi connectivity index (χ1n) is 7.01. The van der Waals surface area contributed by atoms with Gasteiger partial charge in [0.05, 0.1) is 11.1 Å². The fraction of sp³-hybridized carbons (Fsp3) is 0. The largest absolute Gasteiger partial charge is 0.383 e. The third kappa shape index (κ3) is 2.27. The van der Waals surface area contributed by atoms with Crippen molar-refractivity contribution >= 4 is 27.5 Å². The van der Waals surface area contributed by atoms with E-state index in [2.05, 4.69) is 27.0 Å².